The van der Waals surface area contributed by atoms with E-state index in [4.69, 9.17) is 0 Å². The van der Waals surface area contributed by atoms with Crippen molar-refractivity contribution < 1.29 is 4.79 Å². The van der Waals surface area contributed by atoms with Crippen LogP contribution >= 0.6 is 11.3 Å². The third-order valence-electron chi connectivity index (χ3n) is 2.41. The van der Waals surface area contributed by atoms with Crippen LogP contribution in [0.3, 0.4) is 0 Å². The highest BCUT2D eigenvalue weighted by Gasteiger charge is 2.08. The topological polar surface area (TPSA) is 59.8 Å². The van der Waals surface area contributed by atoms with Crippen LogP contribution in [0.4, 0.5) is 0 Å². The average molecular weight is 250 g/mol. The quantitative estimate of drug-likeness (QED) is 0.885. The molecule has 5 nitrogen and oxygen atoms in total. The first-order valence-corrected chi connectivity index (χ1v) is 6.21. The normalized spacial score (nSPS) is 10.5. The Morgan fingerprint density at radius 2 is 2.41 bits per heavy atom. The van der Waals surface area contributed by atoms with Crippen molar-refractivity contribution in [1.29, 1.82) is 0 Å². The van der Waals surface area contributed by atoms with E-state index < -0.39 is 0 Å². The summed E-state index contributed by atoms with van der Waals surface area (Å²) in [6.45, 7) is 2.45. The van der Waals surface area contributed by atoms with Gasteiger partial charge in [-0.1, -0.05) is 0 Å². The molecule has 1 N–H and O–H groups in total. The van der Waals surface area contributed by atoms with Crippen LogP contribution in [0.2, 0.25) is 0 Å². The zero-order chi connectivity index (χ0) is 12.3. The fourth-order valence-electron chi connectivity index (χ4n) is 1.48. The van der Waals surface area contributed by atoms with Gasteiger partial charge in [0.15, 0.2) is 0 Å². The first-order valence-electron chi connectivity index (χ1n) is 5.33. The molecule has 0 aliphatic rings. The molecule has 17 heavy (non-hydrogen) atoms. The van der Waals surface area contributed by atoms with Crippen molar-refractivity contribution in [1.82, 2.24) is 19.9 Å². The maximum atomic E-state index is 11.7. The second-order valence-corrected chi connectivity index (χ2v) is 4.77. The second kappa shape index (κ2) is 5.09. The molecule has 2 heterocycles. The number of carbonyl (C=O) groups excluding carboxylic acids is 1. The molecule has 0 aromatic carbocycles. The standard InChI is InChI=1S/C11H14N4OS/c1-8-14-9(7-17-8)11(16)13-4-3-10-12-5-6-15(10)2/h5-7H,3-4H2,1-2H3,(H,13,16). The van der Waals surface area contributed by atoms with Crippen LogP contribution < -0.4 is 5.32 Å². The van der Waals surface area contributed by atoms with E-state index in [0.717, 1.165) is 17.3 Å². The zero-order valence-electron chi connectivity index (χ0n) is 9.80. The highest BCUT2D eigenvalue weighted by molar-refractivity contribution is 7.09. The lowest BCUT2D eigenvalue weighted by atomic mass is 10.3. The molecule has 2 rings (SSSR count). The van der Waals surface area contributed by atoms with Crippen molar-refractivity contribution in [3.8, 4) is 0 Å². The van der Waals surface area contributed by atoms with Gasteiger partial charge in [-0.15, -0.1) is 11.3 Å². The molecule has 0 saturated carbocycles. The lowest BCUT2D eigenvalue weighted by molar-refractivity contribution is 0.0949. The van der Waals surface area contributed by atoms with Gasteiger partial charge in [0.25, 0.3) is 5.91 Å². The van der Waals surface area contributed by atoms with Gasteiger partial charge in [-0.25, -0.2) is 9.97 Å². The molecule has 90 valence electrons. The van der Waals surface area contributed by atoms with E-state index in [1.165, 1.54) is 11.3 Å². The summed E-state index contributed by atoms with van der Waals surface area (Å²) in [7, 11) is 1.94. The molecular weight excluding hydrogens is 236 g/mol. The van der Waals surface area contributed by atoms with Gasteiger partial charge in [-0.3, -0.25) is 4.79 Å². The van der Waals surface area contributed by atoms with Gasteiger partial charge in [0, 0.05) is 37.8 Å². The minimum Gasteiger partial charge on any atom is -0.350 e. The van der Waals surface area contributed by atoms with Crippen LogP contribution in [0.15, 0.2) is 17.8 Å². The zero-order valence-corrected chi connectivity index (χ0v) is 10.6. The fourth-order valence-corrected chi connectivity index (χ4v) is 2.08. The Hall–Kier alpha value is -1.69. The number of hydrogen-bond donors (Lipinski definition) is 1. The number of hydrogen-bond acceptors (Lipinski definition) is 4. The summed E-state index contributed by atoms with van der Waals surface area (Å²) in [6.07, 6.45) is 4.36. The van der Waals surface area contributed by atoms with Gasteiger partial charge in [0.2, 0.25) is 0 Å². The molecule has 2 aromatic rings. The number of aromatic nitrogens is 3. The molecule has 0 fully saturated rings. The molecule has 6 heteroatoms. The fraction of sp³-hybridized carbons (Fsp3) is 0.364. The predicted octanol–water partition coefficient (Wildman–Crippen LogP) is 1.16. The van der Waals surface area contributed by atoms with Crippen molar-refractivity contribution in [2.24, 2.45) is 7.05 Å². The lowest BCUT2D eigenvalue weighted by Gasteiger charge is -2.03. The summed E-state index contributed by atoms with van der Waals surface area (Å²) in [6, 6.07) is 0. The molecule has 0 radical (unpaired) electrons. The van der Waals surface area contributed by atoms with Gasteiger partial charge in [-0.05, 0) is 6.92 Å². The lowest BCUT2D eigenvalue weighted by Crippen LogP contribution is -2.26. The number of nitrogens with one attached hydrogen (secondary N) is 1. The second-order valence-electron chi connectivity index (χ2n) is 3.71. The average Bonchev–Trinajstić information content (AvgIpc) is 2.88. The van der Waals surface area contributed by atoms with Crippen molar-refractivity contribution in [3.05, 3.63) is 34.3 Å². The molecule has 0 spiro atoms. The summed E-state index contributed by atoms with van der Waals surface area (Å²) >= 11 is 1.48. The minimum absolute atomic E-state index is 0.122. The van der Waals surface area contributed by atoms with Gasteiger partial charge in [0.05, 0.1) is 5.01 Å². The Morgan fingerprint density at radius 3 is 3.00 bits per heavy atom. The van der Waals surface area contributed by atoms with Crippen molar-refractivity contribution in [3.63, 3.8) is 0 Å². The van der Waals surface area contributed by atoms with E-state index in [2.05, 4.69) is 15.3 Å². The Labute approximate surface area is 104 Å². The van der Waals surface area contributed by atoms with Crippen molar-refractivity contribution >= 4 is 17.2 Å². The number of rotatable bonds is 4. The number of carbonyl (C=O) groups is 1. The predicted molar refractivity (Wildman–Crippen MR) is 66.1 cm³/mol. The Morgan fingerprint density at radius 1 is 1.59 bits per heavy atom. The molecule has 0 saturated heterocycles. The molecule has 0 unspecified atom stereocenters. The highest BCUT2D eigenvalue weighted by atomic mass is 32.1. The van der Waals surface area contributed by atoms with Crippen LogP contribution in [0, 0.1) is 6.92 Å². The van der Waals surface area contributed by atoms with E-state index in [0.29, 0.717) is 12.2 Å². The van der Waals surface area contributed by atoms with Crippen molar-refractivity contribution in [2.75, 3.05) is 6.54 Å². The van der Waals surface area contributed by atoms with E-state index >= 15 is 0 Å². The summed E-state index contributed by atoms with van der Waals surface area (Å²) in [5, 5.41) is 5.50. The van der Waals surface area contributed by atoms with Crippen LogP contribution in [-0.4, -0.2) is 27.0 Å². The van der Waals surface area contributed by atoms with Gasteiger partial charge in [-0.2, -0.15) is 0 Å². The van der Waals surface area contributed by atoms with Gasteiger partial charge in [0.1, 0.15) is 11.5 Å². The third-order valence-corrected chi connectivity index (χ3v) is 3.18. The first-order chi connectivity index (χ1) is 8.16. The van der Waals surface area contributed by atoms with Gasteiger partial charge >= 0.3 is 0 Å². The molecule has 0 bridgehead atoms. The summed E-state index contributed by atoms with van der Waals surface area (Å²) in [5.74, 6) is 0.836. The number of nitrogens with zero attached hydrogens (tertiary/aromatic N) is 3. The van der Waals surface area contributed by atoms with E-state index in [1.807, 2.05) is 24.7 Å². The third kappa shape index (κ3) is 2.91. The van der Waals surface area contributed by atoms with Crippen LogP contribution in [0.5, 0.6) is 0 Å². The maximum Gasteiger partial charge on any atom is 0.270 e. The van der Waals surface area contributed by atoms with Crippen molar-refractivity contribution in [2.45, 2.75) is 13.3 Å². The van der Waals surface area contributed by atoms with E-state index in [9.17, 15) is 4.79 Å². The minimum atomic E-state index is -0.122. The summed E-state index contributed by atoms with van der Waals surface area (Å²) in [4.78, 5) is 20.0. The Kier molecular flexibility index (Phi) is 3.53. The molecular formula is C11H14N4OS. The number of aryl methyl sites for hydroxylation is 2. The number of amides is 1. The summed E-state index contributed by atoms with van der Waals surface area (Å²) in [5.41, 5.74) is 0.493. The number of imidazole rings is 1. The molecule has 0 aliphatic carbocycles. The molecule has 0 atom stereocenters. The van der Waals surface area contributed by atoms with Gasteiger partial charge < -0.3 is 9.88 Å². The summed E-state index contributed by atoms with van der Waals surface area (Å²) < 4.78 is 1.94. The Balaban J connectivity index is 1.83. The van der Waals surface area contributed by atoms with Crippen LogP contribution in [0.1, 0.15) is 21.3 Å². The van der Waals surface area contributed by atoms with E-state index in [-0.39, 0.29) is 5.91 Å². The smallest absolute Gasteiger partial charge is 0.270 e. The number of thiazole rings is 1. The first kappa shape index (κ1) is 11.8. The van der Waals surface area contributed by atoms with E-state index in [1.54, 1.807) is 11.6 Å². The van der Waals surface area contributed by atoms with Crippen LogP contribution in [0.25, 0.3) is 0 Å². The monoisotopic (exact) mass is 250 g/mol. The Bertz CT molecular complexity index is 517. The molecule has 2 aromatic heterocycles. The SMILES string of the molecule is Cc1nc(C(=O)NCCc2nccn2C)cs1. The highest BCUT2D eigenvalue weighted by Crippen LogP contribution is 2.07. The molecule has 1 amide bonds. The maximum absolute atomic E-state index is 11.7. The molecule has 0 aliphatic heterocycles. The van der Waals surface area contributed by atoms with Crippen LogP contribution in [-0.2, 0) is 13.5 Å². The largest absolute Gasteiger partial charge is 0.350 e.